The molecule has 2 amide bonds. The number of benzene rings is 3. The summed E-state index contributed by atoms with van der Waals surface area (Å²) in [6.07, 6.45) is 1.62. The van der Waals surface area contributed by atoms with Crippen molar-refractivity contribution in [2.45, 2.75) is 20.1 Å². The number of halogens is 3. The van der Waals surface area contributed by atoms with Crippen molar-refractivity contribution in [3.8, 4) is 11.5 Å². The maximum atomic E-state index is 12.9. The lowest BCUT2D eigenvalue weighted by molar-refractivity contribution is -0.123. The fourth-order valence-electron chi connectivity index (χ4n) is 3.40. The van der Waals surface area contributed by atoms with Crippen LogP contribution in [0.3, 0.4) is 0 Å². The zero-order chi connectivity index (χ0) is 24.9. The van der Waals surface area contributed by atoms with E-state index in [9.17, 15) is 9.59 Å². The molecule has 1 heterocycles. The molecular weight excluding hydrogens is 529 g/mol. The number of rotatable bonds is 8. The van der Waals surface area contributed by atoms with E-state index in [1.807, 2.05) is 25.1 Å². The number of thioether (sulfide) groups is 1. The van der Waals surface area contributed by atoms with Crippen LogP contribution >= 0.6 is 46.6 Å². The molecule has 5 nitrogen and oxygen atoms in total. The highest BCUT2D eigenvalue weighted by atomic mass is 35.5. The summed E-state index contributed by atoms with van der Waals surface area (Å²) in [7, 11) is 0. The molecule has 0 saturated carbocycles. The van der Waals surface area contributed by atoms with Gasteiger partial charge in [0.1, 0.15) is 6.61 Å². The number of imide groups is 1. The van der Waals surface area contributed by atoms with E-state index in [1.54, 1.807) is 48.5 Å². The second-order valence-electron chi connectivity index (χ2n) is 7.54. The van der Waals surface area contributed by atoms with Crippen LogP contribution in [-0.4, -0.2) is 22.7 Å². The van der Waals surface area contributed by atoms with Crippen molar-refractivity contribution in [2.75, 3.05) is 6.61 Å². The zero-order valence-electron chi connectivity index (χ0n) is 18.6. The van der Waals surface area contributed by atoms with Gasteiger partial charge in [-0.3, -0.25) is 14.5 Å². The number of amides is 2. The van der Waals surface area contributed by atoms with E-state index in [4.69, 9.17) is 44.3 Å². The lowest BCUT2D eigenvalue weighted by Crippen LogP contribution is -2.27. The minimum atomic E-state index is -0.372. The van der Waals surface area contributed by atoms with E-state index < -0.39 is 0 Å². The average Bonchev–Trinajstić information content (AvgIpc) is 3.08. The Hall–Kier alpha value is -2.64. The van der Waals surface area contributed by atoms with Crippen LogP contribution in [0.15, 0.2) is 65.6 Å². The lowest BCUT2D eigenvalue weighted by Gasteiger charge is -2.15. The van der Waals surface area contributed by atoms with E-state index in [0.717, 1.165) is 22.9 Å². The summed E-state index contributed by atoms with van der Waals surface area (Å²) in [5, 5.41) is 1.15. The fraction of sp³-hybridized carbons (Fsp3) is 0.154. The van der Waals surface area contributed by atoms with Gasteiger partial charge in [-0.2, -0.15) is 0 Å². The van der Waals surface area contributed by atoms with Crippen LogP contribution in [0.4, 0.5) is 4.79 Å². The first-order valence-corrected chi connectivity index (χ1v) is 12.6. The van der Waals surface area contributed by atoms with Gasteiger partial charge in [0, 0.05) is 15.6 Å². The molecule has 0 N–H and O–H groups in total. The fourth-order valence-corrected chi connectivity index (χ4v) is 4.83. The largest absolute Gasteiger partial charge is 0.490 e. The van der Waals surface area contributed by atoms with Crippen LogP contribution in [0, 0.1) is 0 Å². The molecule has 180 valence electrons. The third-order valence-corrected chi connectivity index (χ3v) is 6.90. The lowest BCUT2D eigenvalue weighted by atomic mass is 10.1. The van der Waals surface area contributed by atoms with Gasteiger partial charge in [-0.05, 0) is 66.2 Å². The monoisotopic (exact) mass is 547 g/mol. The SMILES string of the molecule is CCOc1cc(/C=C2\SC(=O)N(Cc3ccc(Cl)cc3)C2=O)cc(Cl)c1OCc1ccccc1Cl. The molecule has 1 aliphatic rings. The first-order valence-electron chi connectivity index (χ1n) is 10.7. The van der Waals surface area contributed by atoms with Crippen LogP contribution in [0.5, 0.6) is 11.5 Å². The molecule has 0 atom stereocenters. The minimum Gasteiger partial charge on any atom is -0.490 e. The summed E-state index contributed by atoms with van der Waals surface area (Å²) in [6, 6.07) is 17.8. The van der Waals surface area contributed by atoms with Crippen LogP contribution in [0.1, 0.15) is 23.6 Å². The number of carbonyl (C=O) groups excluding carboxylic acids is 2. The van der Waals surface area contributed by atoms with Crippen molar-refractivity contribution in [3.05, 3.63) is 97.3 Å². The predicted molar refractivity (Wildman–Crippen MR) is 141 cm³/mol. The van der Waals surface area contributed by atoms with Crippen molar-refractivity contribution in [1.82, 2.24) is 4.90 Å². The summed E-state index contributed by atoms with van der Waals surface area (Å²) >= 11 is 19.6. The van der Waals surface area contributed by atoms with Crippen molar-refractivity contribution in [1.29, 1.82) is 0 Å². The topological polar surface area (TPSA) is 55.8 Å². The number of hydrogen-bond acceptors (Lipinski definition) is 5. The third kappa shape index (κ3) is 6.14. The van der Waals surface area contributed by atoms with E-state index in [2.05, 4.69) is 0 Å². The first kappa shape index (κ1) is 25.5. The molecule has 1 saturated heterocycles. The Morgan fingerprint density at radius 1 is 0.943 bits per heavy atom. The summed E-state index contributed by atoms with van der Waals surface area (Å²) in [5.41, 5.74) is 2.23. The summed E-state index contributed by atoms with van der Waals surface area (Å²) in [5.74, 6) is 0.434. The molecule has 1 fully saturated rings. The number of carbonyl (C=O) groups is 2. The molecular formula is C26H20Cl3NO4S. The second-order valence-corrected chi connectivity index (χ2v) is 9.78. The van der Waals surface area contributed by atoms with Gasteiger partial charge in [0.15, 0.2) is 11.5 Å². The normalized spacial score (nSPS) is 14.6. The standard InChI is InChI=1S/C26H20Cl3NO4S/c1-2-33-22-12-17(11-21(29)24(22)34-15-18-5-3-4-6-20(18)28)13-23-25(31)30(26(32)35-23)14-16-7-9-19(27)10-8-16/h3-13H,2,14-15H2,1H3/b23-13-. The van der Waals surface area contributed by atoms with E-state index >= 15 is 0 Å². The molecule has 1 aliphatic heterocycles. The predicted octanol–water partition coefficient (Wildman–Crippen LogP) is 7.86. The number of hydrogen-bond donors (Lipinski definition) is 0. The van der Waals surface area contributed by atoms with Gasteiger partial charge in [0.25, 0.3) is 11.1 Å². The van der Waals surface area contributed by atoms with Crippen molar-refractivity contribution < 1.29 is 19.1 Å². The summed E-state index contributed by atoms with van der Waals surface area (Å²) in [4.78, 5) is 26.9. The van der Waals surface area contributed by atoms with Crippen molar-refractivity contribution >= 4 is 63.8 Å². The smallest absolute Gasteiger partial charge is 0.293 e. The number of ether oxygens (including phenoxy) is 2. The van der Waals surface area contributed by atoms with Gasteiger partial charge in [0.2, 0.25) is 0 Å². The molecule has 35 heavy (non-hydrogen) atoms. The maximum Gasteiger partial charge on any atom is 0.293 e. The van der Waals surface area contributed by atoms with Crippen molar-refractivity contribution in [3.63, 3.8) is 0 Å². The van der Waals surface area contributed by atoms with Gasteiger partial charge in [-0.15, -0.1) is 0 Å². The molecule has 0 bridgehead atoms. The molecule has 9 heteroatoms. The maximum absolute atomic E-state index is 12.9. The Morgan fingerprint density at radius 3 is 2.40 bits per heavy atom. The summed E-state index contributed by atoms with van der Waals surface area (Å²) in [6.45, 7) is 2.61. The average molecular weight is 549 g/mol. The van der Waals surface area contributed by atoms with Gasteiger partial charge in [0.05, 0.1) is 23.1 Å². The second kappa shape index (κ2) is 11.4. The third-order valence-electron chi connectivity index (χ3n) is 5.09. The molecule has 3 aromatic rings. The minimum absolute atomic E-state index is 0.166. The molecule has 0 aliphatic carbocycles. The highest BCUT2D eigenvalue weighted by Crippen LogP contribution is 2.40. The van der Waals surface area contributed by atoms with Gasteiger partial charge < -0.3 is 9.47 Å². The first-order chi connectivity index (χ1) is 16.9. The Labute approximate surface area is 222 Å². The molecule has 3 aromatic carbocycles. The Kier molecular flexibility index (Phi) is 8.29. The Balaban J connectivity index is 1.55. The number of nitrogens with zero attached hydrogens (tertiary/aromatic N) is 1. The van der Waals surface area contributed by atoms with Gasteiger partial charge in [-0.1, -0.05) is 65.1 Å². The van der Waals surface area contributed by atoms with Crippen LogP contribution in [-0.2, 0) is 17.9 Å². The molecule has 4 rings (SSSR count). The van der Waals surface area contributed by atoms with Crippen LogP contribution < -0.4 is 9.47 Å². The van der Waals surface area contributed by atoms with Gasteiger partial charge in [-0.25, -0.2) is 0 Å². The van der Waals surface area contributed by atoms with E-state index in [-0.39, 0.29) is 24.3 Å². The highest BCUT2D eigenvalue weighted by molar-refractivity contribution is 8.18. The quantitative estimate of drug-likeness (QED) is 0.268. The zero-order valence-corrected chi connectivity index (χ0v) is 21.7. The summed E-state index contributed by atoms with van der Waals surface area (Å²) < 4.78 is 11.7. The molecule has 0 aromatic heterocycles. The Bertz CT molecular complexity index is 1290. The van der Waals surface area contributed by atoms with Crippen LogP contribution in [0.2, 0.25) is 15.1 Å². The van der Waals surface area contributed by atoms with Crippen molar-refractivity contribution in [2.24, 2.45) is 0 Å². The molecule has 0 spiro atoms. The molecule has 0 unspecified atom stereocenters. The molecule has 0 radical (unpaired) electrons. The highest BCUT2D eigenvalue weighted by Gasteiger charge is 2.35. The van der Waals surface area contributed by atoms with E-state index in [1.165, 1.54) is 4.90 Å². The van der Waals surface area contributed by atoms with Gasteiger partial charge >= 0.3 is 0 Å². The van der Waals surface area contributed by atoms with Crippen LogP contribution in [0.25, 0.3) is 6.08 Å². The Morgan fingerprint density at radius 2 is 1.69 bits per heavy atom. The van der Waals surface area contributed by atoms with E-state index in [0.29, 0.717) is 43.6 Å².